The molecule has 1 heterocycles. The van der Waals surface area contributed by atoms with E-state index in [1.165, 1.54) is 6.07 Å². The zero-order valence-electron chi connectivity index (χ0n) is 13.8. The third kappa shape index (κ3) is 3.25. The van der Waals surface area contributed by atoms with Crippen molar-refractivity contribution >= 4 is 35.2 Å². The van der Waals surface area contributed by atoms with Crippen LogP contribution in [0.2, 0.25) is 0 Å². The van der Waals surface area contributed by atoms with Gasteiger partial charge in [0, 0.05) is 11.4 Å². The van der Waals surface area contributed by atoms with Crippen LogP contribution in [0.4, 0.5) is 16.2 Å². The molecule has 0 saturated heterocycles. The Kier molecular flexibility index (Phi) is 4.40. The molecule has 2 aromatic carbocycles. The summed E-state index contributed by atoms with van der Waals surface area (Å²) in [5, 5.41) is 13.6. The Morgan fingerprint density at radius 1 is 1.00 bits per heavy atom. The van der Waals surface area contributed by atoms with Crippen molar-refractivity contribution in [1.82, 2.24) is 4.90 Å². The number of rotatable bonds is 4. The maximum Gasteiger partial charge on any atom is 0.409 e. The van der Waals surface area contributed by atoms with Gasteiger partial charge in [-0.2, -0.15) is 0 Å². The van der Waals surface area contributed by atoms with Gasteiger partial charge in [-0.3, -0.25) is 24.6 Å². The quantitative estimate of drug-likeness (QED) is 0.730. The number of anilines is 2. The molecule has 0 bridgehead atoms. The van der Waals surface area contributed by atoms with E-state index in [1.807, 2.05) is 0 Å². The van der Waals surface area contributed by atoms with Crippen molar-refractivity contribution in [2.75, 3.05) is 17.2 Å². The molecule has 0 aromatic heterocycles. The highest BCUT2D eigenvalue weighted by Crippen LogP contribution is 2.23. The number of benzene rings is 2. The van der Waals surface area contributed by atoms with Crippen molar-refractivity contribution in [1.29, 1.82) is 0 Å². The second-order valence-electron chi connectivity index (χ2n) is 5.75. The van der Waals surface area contributed by atoms with Crippen molar-refractivity contribution < 1.29 is 24.3 Å². The van der Waals surface area contributed by atoms with Crippen LogP contribution in [0.1, 0.15) is 26.3 Å². The largest absolute Gasteiger partial charge is 0.465 e. The molecule has 0 radical (unpaired) electrons. The number of hydrogen-bond donors (Lipinski definition) is 3. The lowest BCUT2D eigenvalue weighted by Crippen LogP contribution is -2.37. The van der Waals surface area contributed by atoms with Crippen LogP contribution in [0.5, 0.6) is 0 Å². The molecule has 0 saturated carbocycles. The fourth-order valence-electron chi connectivity index (χ4n) is 2.67. The lowest BCUT2D eigenvalue weighted by Gasteiger charge is -2.15. The molecule has 1 aliphatic heterocycles. The van der Waals surface area contributed by atoms with Gasteiger partial charge in [-0.25, -0.2) is 4.79 Å². The summed E-state index contributed by atoms with van der Waals surface area (Å²) in [5.41, 5.74) is 1.93. The van der Waals surface area contributed by atoms with Gasteiger partial charge in [0.25, 0.3) is 11.8 Å². The van der Waals surface area contributed by atoms with Crippen LogP contribution in [0.3, 0.4) is 0 Å². The molecule has 0 atom stereocenters. The Morgan fingerprint density at radius 2 is 1.62 bits per heavy atom. The Labute approximate surface area is 148 Å². The lowest BCUT2D eigenvalue weighted by atomic mass is 10.1. The van der Waals surface area contributed by atoms with Crippen LogP contribution in [0, 0.1) is 6.92 Å². The summed E-state index contributed by atoms with van der Waals surface area (Å²) in [5.74, 6) is -1.59. The second kappa shape index (κ2) is 6.67. The van der Waals surface area contributed by atoms with E-state index < -0.39 is 30.4 Å². The third-order valence-electron chi connectivity index (χ3n) is 3.94. The number of imide groups is 1. The standard InChI is InChI=1S/C18H15N3O5/c1-10-6-7-11(19-18(25)26)8-14(10)20-15(22)9-21-16(23)12-4-2-3-5-13(12)17(21)24/h2-8,19H,9H2,1H3,(H,20,22)(H,25,26). The Bertz CT molecular complexity index is 903. The summed E-state index contributed by atoms with van der Waals surface area (Å²) >= 11 is 0. The maximum atomic E-state index is 12.3. The number of nitrogens with one attached hydrogen (secondary N) is 2. The highest BCUT2D eigenvalue weighted by molar-refractivity contribution is 6.22. The average Bonchev–Trinajstić information content (AvgIpc) is 2.83. The zero-order chi connectivity index (χ0) is 18.8. The summed E-state index contributed by atoms with van der Waals surface area (Å²) in [4.78, 5) is 48.5. The predicted octanol–water partition coefficient (Wildman–Crippen LogP) is 2.32. The predicted molar refractivity (Wildman–Crippen MR) is 93.3 cm³/mol. The van der Waals surface area contributed by atoms with Gasteiger partial charge in [0.1, 0.15) is 6.54 Å². The Morgan fingerprint density at radius 3 is 2.19 bits per heavy atom. The number of carboxylic acid groups (broad SMARTS) is 1. The maximum absolute atomic E-state index is 12.3. The van der Waals surface area contributed by atoms with E-state index >= 15 is 0 Å². The summed E-state index contributed by atoms with van der Waals surface area (Å²) < 4.78 is 0. The first-order chi connectivity index (χ1) is 12.4. The van der Waals surface area contributed by atoms with Crippen LogP contribution < -0.4 is 10.6 Å². The highest BCUT2D eigenvalue weighted by atomic mass is 16.4. The van der Waals surface area contributed by atoms with Crippen molar-refractivity contribution in [3.63, 3.8) is 0 Å². The van der Waals surface area contributed by atoms with Crippen LogP contribution >= 0.6 is 0 Å². The molecule has 26 heavy (non-hydrogen) atoms. The van der Waals surface area contributed by atoms with Gasteiger partial charge < -0.3 is 10.4 Å². The van der Waals surface area contributed by atoms with E-state index in [-0.39, 0.29) is 11.1 Å². The van der Waals surface area contributed by atoms with Gasteiger partial charge in [-0.05, 0) is 36.8 Å². The molecule has 0 spiro atoms. The molecular weight excluding hydrogens is 338 g/mol. The fraction of sp³-hybridized carbons (Fsp3) is 0.111. The van der Waals surface area contributed by atoms with Gasteiger partial charge in [-0.1, -0.05) is 18.2 Å². The normalized spacial score (nSPS) is 12.7. The van der Waals surface area contributed by atoms with Crippen LogP contribution in [-0.4, -0.2) is 40.4 Å². The van der Waals surface area contributed by atoms with Gasteiger partial charge >= 0.3 is 6.09 Å². The molecule has 0 aliphatic carbocycles. The number of nitrogens with zero attached hydrogens (tertiary/aromatic N) is 1. The molecule has 2 aromatic rings. The number of carbonyl (C=O) groups is 4. The minimum absolute atomic E-state index is 0.272. The van der Waals surface area contributed by atoms with E-state index in [0.29, 0.717) is 16.9 Å². The lowest BCUT2D eigenvalue weighted by molar-refractivity contribution is -0.116. The zero-order valence-corrected chi connectivity index (χ0v) is 13.8. The SMILES string of the molecule is Cc1ccc(NC(=O)O)cc1NC(=O)CN1C(=O)c2ccccc2C1=O. The Hall–Kier alpha value is -3.68. The Balaban J connectivity index is 1.73. The van der Waals surface area contributed by atoms with Crippen molar-refractivity contribution in [3.05, 3.63) is 59.2 Å². The van der Waals surface area contributed by atoms with Gasteiger partial charge in [-0.15, -0.1) is 0 Å². The monoisotopic (exact) mass is 353 g/mol. The van der Waals surface area contributed by atoms with Crippen LogP contribution in [-0.2, 0) is 4.79 Å². The van der Waals surface area contributed by atoms with E-state index in [1.54, 1.807) is 43.3 Å². The third-order valence-corrected chi connectivity index (χ3v) is 3.94. The van der Waals surface area contributed by atoms with Gasteiger partial charge in [0.15, 0.2) is 0 Å². The van der Waals surface area contributed by atoms with E-state index in [0.717, 1.165) is 4.90 Å². The molecule has 0 unspecified atom stereocenters. The van der Waals surface area contributed by atoms with Crippen LogP contribution in [0.15, 0.2) is 42.5 Å². The highest BCUT2D eigenvalue weighted by Gasteiger charge is 2.36. The molecule has 4 amide bonds. The first-order valence-electron chi connectivity index (χ1n) is 7.72. The van der Waals surface area contributed by atoms with Gasteiger partial charge in [0.05, 0.1) is 11.1 Å². The smallest absolute Gasteiger partial charge is 0.409 e. The minimum Gasteiger partial charge on any atom is -0.465 e. The van der Waals surface area contributed by atoms with Crippen molar-refractivity contribution in [2.24, 2.45) is 0 Å². The van der Waals surface area contributed by atoms with E-state index in [2.05, 4.69) is 10.6 Å². The minimum atomic E-state index is -1.22. The molecule has 8 nitrogen and oxygen atoms in total. The summed E-state index contributed by atoms with van der Waals surface area (Å²) in [6.07, 6.45) is -1.22. The topological polar surface area (TPSA) is 116 Å². The van der Waals surface area contributed by atoms with Crippen molar-refractivity contribution in [3.8, 4) is 0 Å². The van der Waals surface area contributed by atoms with Crippen LogP contribution in [0.25, 0.3) is 0 Å². The average molecular weight is 353 g/mol. The first kappa shape index (κ1) is 17.2. The molecule has 1 aliphatic rings. The molecule has 0 fully saturated rings. The molecule has 3 rings (SSSR count). The fourth-order valence-corrected chi connectivity index (χ4v) is 2.67. The first-order valence-corrected chi connectivity index (χ1v) is 7.72. The second-order valence-corrected chi connectivity index (χ2v) is 5.75. The summed E-state index contributed by atoms with van der Waals surface area (Å²) in [7, 11) is 0. The van der Waals surface area contributed by atoms with E-state index in [9.17, 15) is 19.2 Å². The number of carbonyl (C=O) groups excluding carboxylic acids is 3. The van der Waals surface area contributed by atoms with Gasteiger partial charge in [0.2, 0.25) is 5.91 Å². The molecule has 8 heteroatoms. The van der Waals surface area contributed by atoms with Crippen molar-refractivity contribution in [2.45, 2.75) is 6.92 Å². The number of amides is 4. The summed E-state index contributed by atoms with van der Waals surface area (Å²) in [6.45, 7) is 1.31. The summed E-state index contributed by atoms with van der Waals surface area (Å²) in [6, 6.07) is 11.0. The molecule has 3 N–H and O–H groups in total. The molecular formula is C18H15N3O5. The number of hydrogen-bond acceptors (Lipinski definition) is 4. The van der Waals surface area contributed by atoms with E-state index in [4.69, 9.17) is 5.11 Å². The number of aryl methyl sites for hydroxylation is 1. The number of fused-ring (bicyclic) bond motifs is 1. The molecule has 132 valence electrons.